The second-order valence-corrected chi connectivity index (χ2v) is 5.80. The van der Waals surface area contributed by atoms with Crippen LogP contribution < -0.4 is 10.6 Å². The van der Waals surface area contributed by atoms with Gasteiger partial charge in [0, 0.05) is 23.2 Å². The maximum absolute atomic E-state index is 12.0. The number of unbranched alkanes of at least 4 members (excludes halogenated alkanes) is 1. The summed E-state index contributed by atoms with van der Waals surface area (Å²) in [7, 11) is 0. The van der Waals surface area contributed by atoms with Crippen LogP contribution in [-0.4, -0.2) is 29.1 Å². The molecule has 0 aliphatic rings. The highest BCUT2D eigenvalue weighted by molar-refractivity contribution is 6.30. The average Bonchev–Trinajstić information content (AvgIpc) is 2.42. The second kappa shape index (κ2) is 9.43. The van der Waals surface area contributed by atoms with Crippen molar-refractivity contribution in [1.82, 2.24) is 5.32 Å². The molecule has 6 heteroatoms. The van der Waals surface area contributed by atoms with Gasteiger partial charge >= 0.3 is 5.97 Å². The van der Waals surface area contributed by atoms with Crippen molar-refractivity contribution < 1.29 is 14.7 Å². The number of carboxylic acids is 1. The molecule has 122 valence electrons. The summed E-state index contributed by atoms with van der Waals surface area (Å²) in [6.45, 7) is 3.82. The summed E-state index contributed by atoms with van der Waals surface area (Å²) in [5.41, 5.74) is 0.630. The Labute approximate surface area is 136 Å². The van der Waals surface area contributed by atoms with E-state index in [-0.39, 0.29) is 18.4 Å². The lowest BCUT2D eigenvalue weighted by atomic mass is 10.1. The number of rotatable bonds is 9. The Morgan fingerprint density at radius 3 is 2.68 bits per heavy atom. The number of anilines is 1. The molecule has 5 nitrogen and oxygen atoms in total. The zero-order chi connectivity index (χ0) is 16.5. The van der Waals surface area contributed by atoms with E-state index in [2.05, 4.69) is 10.6 Å². The first-order valence-electron chi connectivity index (χ1n) is 7.46. The van der Waals surface area contributed by atoms with Gasteiger partial charge in [-0.2, -0.15) is 0 Å². The molecule has 1 amide bonds. The summed E-state index contributed by atoms with van der Waals surface area (Å²) in [6.07, 6.45) is 2.54. The molecule has 1 aromatic carbocycles. The number of benzene rings is 1. The highest BCUT2D eigenvalue weighted by Crippen LogP contribution is 2.15. The van der Waals surface area contributed by atoms with Crippen molar-refractivity contribution in [3.63, 3.8) is 0 Å². The van der Waals surface area contributed by atoms with Gasteiger partial charge in [0.1, 0.15) is 6.04 Å². The van der Waals surface area contributed by atoms with Crippen LogP contribution in [0.3, 0.4) is 0 Å². The average molecular weight is 327 g/mol. The van der Waals surface area contributed by atoms with Crippen molar-refractivity contribution in [2.24, 2.45) is 0 Å². The predicted octanol–water partition coefficient (Wildman–Crippen LogP) is 3.29. The lowest BCUT2D eigenvalue weighted by molar-refractivity contribution is -0.140. The summed E-state index contributed by atoms with van der Waals surface area (Å²) in [6, 6.07) is 6.06. The molecule has 0 heterocycles. The summed E-state index contributed by atoms with van der Waals surface area (Å²) >= 11 is 5.86. The number of halogens is 1. The van der Waals surface area contributed by atoms with E-state index in [1.807, 2.05) is 6.92 Å². The van der Waals surface area contributed by atoms with Crippen molar-refractivity contribution >= 4 is 29.2 Å². The van der Waals surface area contributed by atoms with E-state index in [0.29, 0.717) is 17.1 Å². The van der Waals surface area contributed by atoms with Crippen molar-refractivity contribution in [1.29, 1.82) is 0 Å². The number of carboxylic acid groups (broad SMARTS) is 1. The van der Waals surface area contributed by atoms with Crippen molar-refractivity contribution in [2.75, 3.05) is 5.32 Å². The minimum atomic E-state index is -0.879. The van der Waals surface area contributed by atoms with Gasteiger partial charge in [-0.3, -0.25) is 9.59 Å². The zero-order valence-corrected chi connectivity index (χ0v) is 13.7. The van der Waals surface area contributed by atoms with Crippen LogP contribution in [-0.2, 0) is 9.59 Å². The molecule has 0 saturated carbocycles. The normalized spacial score (nSPS) is 13.4. The first kappa shape index (κ1) is 18.5. The first-order valence-corrected chi connectivity index (χ1v) is 7.84. The zero-order valence-electron chi connectivity index (χ0n) is 12.9. The molecule has 1 rings (SSSR count). The number of hydrogen-bond acceptors (Lipinski definition) is 3. The Morgan fingerprint density at radius 1 is 1.36 bits per heavy atom. The van der Waals surface area contributed by atoms with Crippen molar-refractivity contribution in [3.8, 4) is 0 Å². The second-order valence-electron chi connectivity index (χ2n) is 5.36. The van der Waals surface area contributed by atoms with E-state index in [4.69, 9.17) is 11.6 Å². The summed E-state index contributed by atoms with van der Waals surface area (Å²) in [4.78, 5) is 23.1. The Hall–Kier alpha value is -1.59. The van der Waals surface area contributed by atoms with Crippen LogP contribution in [0.1, 0.15) is 39.5 Å². The van der Waals surface area contributed by atoms with Gasteiger partial charge in [0.2, 0.25) is 5.91 Å². The van der Waals surface area contributed by atoms with Gasteiger partial charge in [0.25, 0.3) is 0 Å². The van der Waals surface area contributed by atoms with Gasteiger partial charge in [-0.1, -0.05) is 37.4 Å². The maximum Gasteiger partial charge on any atom is 0.320 e. The molecule has 22 heavy (non-hydrogen) atoms. The smallest absolute Gasteiger partial charge is 0.320 e. The molecule has 2 atom stereocenters. The Morgan fingerprint density at radius 2 is 2.09 bits per heavy atom. The summed E-state index contributed by atoms with van der Waals surface area (Å²) in [5, 5.41) is 15.5. The Kier molecular flexibility index (Phi) is 7.91. The van der Waals surface area contributed by atoms with E-state index >= 15 is 0 Å². The van der Waals surface area contributed by atoms with Gasteiger partial charge in [0.05, 0.1) is 0 Å². The number of aliphatic carboxylic acids is 1. The van der Waals surface area contributed by atoms with Crippen LogP contribution >= 0.6 is 11.6 Å². The fraction of sp³-hybridized carbons (Fsp3) is 0.500. The van der Waals surface area contributed by atoms with Gasteiger partial charge in [-0.15, -0.1) is 0 Å². The van der Waals surface area contributed by atoms with E-state index in [1.165, 1.54) is 0 Å². The van der Waals surface area contributed by atoms with Crippen LogP contribution in [0.25, 0.3) is 0 Å². The summed E-state index contributed by atoms with van der Waals surface area (Å²) < 4.78 is 0. The minimum Gasteiger partial charge on any atom is -0.480 e. The largest absolute Gasteiger partial charge is 0.480 e. The molecule has 0 aliphatic heterocycles. The highest BCUT2D eigenvalue weighted by Gasteiger charge is 2.20. The molecule has 2 unspecified atom stereocenters. The fourth-order valence-corrected chi connectivity index (χ4v) is 2.34. The van der Waals surface area contributed by atoms with Crippen LogP contribution in [0.4, 0.5) is 5.69 Å². The third-order valence-corrected chi connectivity index (χ3v) is 3.47. The SMILES string of the molecule is CCCCC(NC(C)CC(=O)Nc1cccc(Cl)c1)C(=O)O. The van der Waals surface area contributed by atoms with Crippen molar-refractivity contribution in [2.45, 2.75) is 51.6 Å². The maximum atomic E-state index is 12.0. The van der Waals surface area contributed by atoms with Gasteiger partial charge in [0.15, 0.2) is 0 Å². The molecule has 0 radical (unpaired) electrons. The minimum absolute atomic E-state index is 0.179. The molecule has 0 aromatic heterocycles. The molecule has 0 fully saturated rings. The molecule has 0 aliphatic carbocycles. The van der Waals surface area contributed by atoms with E-state index in [1.54, 1.807) is 31.2 Å². The monoisotopic (exact) mass is 326 g/mol. The van der Waals surface area contributed by atoms with Gasteiger partial charge in [-0.25, -0.2) is 0 Å². The molecule has 0 saturated heterocycles. The number of nitrogens with one attached hydrogen (secondary N) is 2. The van der Waals surface area contributed by atoms with Crippen LogP contribution in [0.2, 0.25) is 5.02 Å². The number of carbonyl (C=O) groups is 2. The number of amides is 1. The van der Waals surface area contributed by atoms with Crippen LogP contribution in [0.5, 0.6) is 0 Å². The Bertz CT molecular complexity index is 508. The van der Waals surface area contributed by atoms with E-state index in [9.17, 15) is 14.7 Å². The Balaban J connectivity index is 2.47. The summed E-state index contributed by atoms with van der Waals surface area (Å²) in [5.74, 6) is -1.06. The van der Waals surface area contributed by atoms with Gasteiger partial charge in [-0.05, 0) is 31.5 Å². The standard InChI is InChI=1S/C16H23ClN2O3/c1-3-4-8-14(16(21)22)18-11(2)9-15(20)19-13-7-5-6-12(17)10-13/h5-7,10-11,14,18H,3-4,8-9H2,1-2H3,(H,19,20)(H,21,22). The molecular formula is C16H23ClN2O3. The predicted molar refractivity (Wildman–Crippen MR) is 88.2 cm³/mol. The van der Waals surface area contributed by atoms with E-state index in [0.717, 1.165) is 12.8 Å². The lowest BCUT2D eigenvalue weighted by Crippen LogP contribution is -2.43. The molecule has 3 N–H and O–H groups in total. The van der Waals surface area contributed by atoms with Crippen molar-refractivity contribution in [3.05, 3.63) is 29.3 Å². The molecule has 1 aromatic rings. The third kappa shape index (κ3) is 6.91. The van der Waals surface area contributed by atoms with Gasteiger partial charge < -0.3 is 15.7 Å². The quantitative estimate of drug-likeness (QED) is 0.650. The highest BCUT2D eigenvalue weighted by atomic mass is 35.5. The fourth-order valence-electron chi connectivity index (χ4n) is 2.15. The lowest BCUT2D eigenvalue weighted by Gasteiger charge is -2.19. The molecule has 0 bridgehead atoms. The molecular weight excluding hydrogens is 304 g/mol. The topological polar surface area (TPSA) is 78.4 Å². The third-order valence-electron chi connectivity index (χ3n) is 3.23. The number of carbonyl (C=O) groups excluding carboxylic acids is 1. The molecule has 0 spiro atoms. The van der Waals surface area contributed by atoms with Crippen LogP contribution in [0, 0.1) is 0 Å². The number of hydrogen-bond donors (Lipinski definition) is 3. The van der Waals surface area contributed by atoms with Crippen LogP contribution in [0.15, 0.2) is 24.3 Å². The van der Waals surface area contributed by atoms with E-state index < -0.39 is 12.0 Å². The first-order chi connectivity index (χ1) is 10.4.